The van der Waals surface area contributed by atoms with E-state index < -0.39 is 5.60 Å². The van der Waals surface area contributed by atoms with Gasteiger partial charge in [0.2, 0.25) is 0 Å². The molecule has 0 aromatic rings. The SMILES string of the molecule is CC1(C)CCCC2(C)C1CCC(C)(O)C2CCO.CC1(C)CCCC2(C)C1CCC1(C)OC(=O)CC12.CC1(C)CCCC2(C)C1CCC1(C)OCCC12. The van der Waals surface area contributed by atoms with E-state index in [0.29, 0.717) is 45.3 Å². The Morgan fingerprint density at radius 2 is 1.00 bits per heavy atom. The third kappa shape index (κ3) is 7.14. The summed E-state index contributed by atoms with van der Waals surface area (Å²) < 4.78 is 11.8. The second kappa shape index (κ2) is 14.0. The van der Waals surface area contributed by atoms with E-state index in [9.17, 15) is 15.0 Å². The summed E-state index contributed by atoms with van der Waals surface area (Å²) >= 11 is 0. The Labute approximate surface area is 326 Å². The summed E-state index contributed by atoms with van der Waals surface area (Å²) in [7, 11) is 0. The van der Waals surface area contributed by atoms with Crippen molar-refractivity contribution in [3.8, 4) is 0 Å². The van der Waals surface area contributed by atoms with Crippen molar-refractivity contribution in [3.63, 3.8) is 0 Å². The van der Waals surface area contributed by atoms with E-state index in [0.717, 1.165) is 50.0 Å². The van der Waals surface area contributed by atoms with E-state index in [1.165, 1.54) is 83.5 Å². The second-order valence-corrected chi connectivity index (χ2v) is 23.8. The van der Waals surface area contributed by atoms with Crippen molar-refractivity contribution < 1.29 is 24.5 Å². The van der Waals surface area contributed by atoms with Gasteiger partial charge in [0.25, 0.3) is 0 Å². The Morgan fingerprint density at radius 1 is 0.547 bits per heavy atom. The molecule has 0 aromatic carbocycles. The van der Waals surface area contributed by atoms with E-state index in [-0.39, 0.29) is 35.1 Å². The Morgan fingerprint density at radius 3 is 1.53 bits per heavy atom. The summed E-state index contributed by atoms with van der Waals surface area (Å²) in [5.41, 5.74) is 1.86. The molecular formula is C48H84O5. The molecule has 2 N–H and O–H groups in total. The summed E-state index contributed by atoms with van der Waals surface area (Å²) in [5, 5.41) is 20.1. The summed E-state index contributed by atoms with van der Waals surface area (Å²) in [6.07, 6.45) is 21.7. The fourth-order valence-corrected chi connectivity index (χ4v) is 16.9. The molecule has 0 amide bonds. The van der Waals surface area contributed by atoms with Crippen LogP contribution in [-0.2, 0) is 14.3 Å². The first-order chi connectivity index (χ1) is 24.4. The molecule has 2 heterocycles. The second-order valence-electron chi connectivity index (χ2n) is 23.8. The van der Waals surface area contributed by atoms with Crippen LogP contribution >= 0.6 is 0 Å². The average Bonchev–Trinajstić information content (AvgIpc) is 3.58. The highest BCUT2D eigenvalue weighted by Crippen LogP contribution is 2.67. The summed E-state index contributed by atoms with van der Waals surface area (Å²) in [4.78, 5) is 11.8. The highest BCUT2D eigenvalue weighted by atomic mass is 16.6. The summed E-state index contributed by atoms with van der Waals surface area (Å²) in [5.74, 6) is 3.90. The van der Waals surface area contributed by atoms with Gasteiger partial charge in [0.05, 0.1) is 17.6 Å². The number of fused-ring (bicyclic) bond motifs is 7. The van der Waals surface area contributed by atoms with Crippen LogP contribution in [0.3, 0.4) is 0 Å². The molecule has 8 fully saturated rings. The number of hydrogen-bond donors (Lipinski definition) is 2. The van der Waals surface area contributed by atoms with Gasteiger partial charge in [-0.1, -0.05) is 81.6 Å². The topological polar surface area (TPSA) is 76.0 Å². The molecule has 12 unspecified atom stereocenters. The van der Waals surface area contributed by atoms with Gasteiger partial charge in [-0.15, -0.1) is 0 Å². The van der Waals surface area contributed by atoms with E-state index in [1.54, 1.807) is 0 Å². The van der Waals surface area contributed by atoms with Crippen molar-refractivity contribution >= 4 is 5.97 Å². The number of ether oxygens (including phenoxy) is 2. The number of aliphatic hydroxyl groups is 2. The fraction of sp³-hybridized carbons (Fsp3) is 0.979. The minimum absolute atomic E-state index is 0.0350. The lowest BCUT2D eigenvalue weighted by atomic mass is 9.45. The predicted molar refractivity (Wildman–Crippen MR) is 216 cm³/mol. The third-order valence-electron chi connectivity index (χ3n) is 19.2. The molecule has 6 saturated carbocycles. The van der Waals surface area contributed by atoms with Crippen LogP contribution < -0.4 is 0 Å². The highest BCUT2D eigenvalue weighted by Gasteiger charge is 2.63. The first kappa shape index (κ1) is 42.0. The zero-order chi connectivity index (χ0) is 39.1. The van der Waals surface area contributed by atoms with Crippen molar-refractivity contribution in [3.05, 3.63) is 0 Å². The van der Waals surface area contributed by atoms with Crippen LogP contribution in [0, 0.1) is 68.0 Å². The van der Waals surface area contributed by atoms with E-state index >= 15 is 0 Å². The largest absolute Gasteiger partial charge is 0.459 e. The molecular weight excluding hydrogens is 657 g/mol. The Bertz CT molecular complexity index is 1330. The maximum absolute atomic E-state index is 11.8. The van der Waals surface area contributed by atoms with Gasteiger partial charge in [0, 0.05) is 19.1 Å². The van der Waals surface area contributed by atoms with Crippen molar-refractivity contribution in [2.24, 2.45) is 68.0 Å². The monoisotopic (exact) mass is 741 g/mol. The molecule has 0 aromatic heterocycles. The molecule has 12 atom stereocenters. The number of aliphatic hydroxyl groups excluding tert-OH is 1. The van der Waals surface area contributed by atoms with E-state index in [1.807, 2.05) is 6.92 Å². The molecule has 2 saturated heterocycles. The Kier molecular flexibility index (Phi) is 11.1. The maximum atomic E-state index is 11.8. The standard InChI is InChI=1S/C16H26O2.C16H30O2.C16H28O/c1-14(2)7-5-8-15(3)11(14)6-9-16(4)12(15)10-13(17)18-16;1-14(2)8-5-9-15(3)12(14)6-10-16(4,18)13(15)7-11-17;1-14(2)8-5-9-15(3)12(14)6-10-16(4)13(15)7-11-17-16/h11-12H,5-10H2,1-4H3;12-13,17-18H,5-11H2,1-4H3;12-13H,5-11H2,1-4H3. The molecule has 2 aliphatic heterocycles. The molecule has 306 valence electrons. The summed E-state index contributed by atoms with van der Waals surface area (Å²) in [6, 6.07) is 0. The van der Waals surface area contributed by atoms with Crippen LogP contribution in [0.1, 0.15) is 199 Å². The van der Waals surface area contributed by atoms with Gasteiger partial charge in [-0.2, -0.15) is 0 Å². The number of hydrogen-bond acceptors (Lipinski definition) is 5. The van der Waals surface area contributed by atoms with E-state index in [2.05, 4.69) is 76.2 Å². The molecule has 6 aliphatic carbocycles. The van der Waals surface area contributed by atoms with Gasteiger partial charge >= 0.3 is 5.97 Å². The van der Waals surface area contributed by atoms with Crippen molar-refractivity contribution in [1.29, 1.82) is 0 Å². The summed E-state index contributed by atoms with van der Waals surface area (Å²) in [6.45, 7) is 29.8. The van der Waals surface area contributed by atoms with Crippen molar-refractivity contribution in [2.75, 3.05) is 13.2 Å². The number of carbonyl (C=O) groups is 1. The quantitative estimate of drug-likeness (QED) is 0.276. The minimum atomic E-state index is -0.596. The smallest absolute Gasteiger partial charge is 0.306 e. The lowest BCUT2D eigenvalue weighted by molar-refractivity contribution is -0.171. The molecule has 8 aliphatic rings. The third-order valence-corrected chi connectivity index (χ3v) is 19.2. The van der Waals surface area contributed by atoms with Crippen LogP contribution in [0.5, 0.6) is 0 Å². The number of carbonyl (C=O) groups excluding carboxylic acids is 1. The zero-order valence-electron chi connectivity index (χ0n) is 36.7. The Balaban J connectivity index is 0.000000136. The minimum Gasteiger partial charge on any atom is -0.459 e. The molecule has 5 heteroatoms. The van der Waals surface area contributed by atoms with Gasteiger partial charge in [0.1, 0.15) is 5.60 Å². The molecule has 0 radical (unpaired) electrons. The number of esters is 1. The predicted octanol–water partition coefficient (Wildman–Crippen LogP) is 11.7. The van der Waals surface area contributed by atoms with Gasteiger partial charge in [-0.25, -0.2) is 0 Å². The zero-order valence-corrected chi connectivity index (χ0v) is 36.7. The lowest BCUT2D eigenvalue weighted by Crippen LogP contribution is -2.57. The molecule has 8 rings (SSSR count). The lowest BCUT2D eigenvalue weighted by Gasteiger charge is -2.61. The molecule has 5 nitrogen and oxygen atoms in total. The molecule has 0 spiro atoms. The molecule has 53 heavy (non-hydrogen) atoms. The van der Waals surface area contributed by atoms with Crippen LogP contribution in [0.2, 0.25) is 0 Å². The Hall–Kier alpha value is -0.650. The maximum Gasteiger partial charge on any atom is 0.306 e. The number of rotatable bonds is 2. The van der Waals surface area contributed by atoms with Crippen LogP contribution in [0.25, 0.3) is 0 Å². The average molecular weight is 741 g/mol. The van der Waals surface area contributed by atoms with Crippen LogP contribution in [0.15, 0.2) is 0 Å². The first-order valence-electron chi connectivity index (χ1n) is 22.6. The highest BCUT2D eigenvalue weighted by molar-refractivity contribution is 5.73. The van der Waals surface area contributed by atoms with E-state index in [4.69, 9.17) is 9.47 Å². The van der Waals surface area contributed by atoms with Gasteiger partial charge in [0.15, 0.2) is 0 Å². The first-order valence-corrected chi connectivity index (χ1v) is 22.6. The van der Waals surface area contributed by atoms with Gasteiger partial charge < -0.3 is 19.7 Å². The van der Waals surface area contributed by atoms with Crippen molar-refractivity contribution in [1.82, 2.24) is 0 Å². The van der Waals surface area contributed by atoms with Gasteiger partial charge in [-0.3, -0.25) is 4.79 Å². The molecule has 0 bridgehead atoms. The van der Waals surface area contributed by atoms with Crippen LogP contribution in [-0.4, -0.2) is 46.2 Å². The fourth-order valence-electron chi connectivity index (χ4n) is 16.9. The van der Waals surface area contributed by atoms with Crippen molar-refractivity contribution in [2.45, 2.75) is 215 Å². The van der Waals surface area contributed by atoms with Crippen LogP contribution in [0.4, 0.5) is 0 Å². The normalized spacial score (nSPS) is 50.3. The van der Waals surface area contributed by atoms with Gasteiger partial charge in [-0.05, 0) is 173 Å².